The van der Waals surface area contributed by atoms with E-state index >= 15 is 0 Å². The van der Waals surface area contributed by atoms with Gasteiger partial charge in [-0.1, -0.05) is 66.7 Å². The summed E-state index contributed by atoms with van der Waals surface area (Å²) >= 11 is 0. The molecular weight excluding hydrogens is 467 g/mol. The van der Waals surface area contributed by atoms with E-state index in [2.05, 4.69) is 5.32 Å². The van der Waals surface area contributed by atoms with E-state index in [1.165, 1.54) is 22.5 Å². The Labute approximate surface area is 205 Å². The molecule has 0 unspecified atom stereocenters. The topological polar surface area (TPSA) is 75.7 Å². The minimum atomic E-state index is -3.91. The van der Waals surface area contributed by atoms with Gasteiger partial charge in [-0.25, -0.2) is 12.8 Å². The van der Waals surface area contributed by atoms with Gasteiger partial charge >= 0.3 is 0 Å². The van der Waals surface area contributed by atoms with Crippen molar-refractivity contribution in [3.05, 3.63) is 101 Å². The maximum Gasteiger partial charge on any atom is 0.245 e. The highest BCUT2D eigenvalue weighted by molar-refractivity contribution is 7.89. The molecule has 1 fully saturated rings. The molecule has 6 nitrogen and oxygen atoms in total. The van der Waals surface area contributed by atoms with Crippen LogP contribution >= 0.6 is 0 Å². The number of carbonyl (C=O) groups excluding carboxylic acids is 1. The Bertz CT molecular complexity index is 1240. The summed E-state index contributed by atoms with van der Waals surface area (Å²) in [7, 11) is -3.91. The summed E-state index contributed by atoms with van der Waals surface area (Å²) in [5.74, 6) is -1.14. The highest BCUT2D eigenvalue weighted by Gasteiger charge is 2.33. The van der Waals surface area contributed by atoms with Gasteiger partial charge in [-0.05, 0) is 41.7 Å². The molecule has 1 heterocycles. The van der Waals surface area contributed by atoms with Crippen molar-refractivity contribution in [1.82, 2.24) is 9.62 Å². The predicted molar refractivity (Wildman–Crippen MR) is 131 cm³/mol. The first-order valence-corrected chi connectivity index (χ1v) is 13.1. The lowest BCUT2D eigenvalue weighted by molar-refractivity contribution is -0.126. The van der Waals surface area contributed by atoms with Gasteiger partial charge in [0.25, 0.3) is 0 Å². The minimum absolute atomic E-state index is 0.0985. The maximum absolute atomic E-state index is 14.0. The molecule has 1 saturated heterocycles. The fourth-order valence-electron chi connectivity index (χ4n) is 4.18. The summed E-state index contributed by atoms with van der Waals surface area (Å²) in [4.78, 5) is 12.4. The zero-order chi connectivity index (χ0) is 24.7. The molecule has 3 aromatic rings. The van der Waals surface area contributed by atoms with Crippen LogP contribution in [0.25, 0.3) is 0 Å². The van der Waals surface area contributed by atoms with Crippen LogP contribution in [-0.4, -0.2) is 31.7 Å². The summed E-state index contributed by atoms with van der Waals surface area (Å²) in [6.07, 6.45) is 0.791. The van der Waals surface area contributed by atoms with Crippen LogP contribution in [0.5, 0.6) is 0 Å². The number of carbonyl (C=O) groups is 1. The van der Waals surface area contributed by atoms with Gasteiger partial charge in [0, 0.05) is 25.6 Å². The van der Waals surface area contributed by atoms with Crippen LogP contribution in [0.4, 0.5) is 4.39 Å². The summed E-state index contributed by atoms with van der Waals surface area (Å²) in [6, 6.07) is 23.2. The van der Waals surface area contributed by atoms with Crippen molar-refractivity contribution in [2.45, 2.75) is 37.5 Å². The van der Waals surface area contributed by atoms with Crippen LogP contribution in [0.3, 0.4) is 0 Å². The first-order valence-electron chi connectivity index (χ1n) is 11.7. The van der Waals surface area contributed by atoms with Crippen molar-refractivity contribution in [3.8, 4) is 0 Å². The number of nitrogens with zero attached hydrogens (tertiary/aromatic N) is 1. The smallest absolute Gasteiger partial charge is 0.245 e. The van der Waals surface area contributed by atoms with Crippen molar-refractivity contribution in [3.63, 3.8) is 0 Å². The van der Waals surface area contributed by atoms with E-state index < -0.39 is 15.8 Å². The van der Waals surface area contributed by atoms with Crippen LogP contribution in [0.15, 0.2) is 83.8 Å². The van der Waals surface area contributed by atoms with E-state index in [1.54, 1.807) is 0 Å². The summed E-state index contributed by atoms with van der Waals surface area (Å²) in [5.41, 5.74) is 3.11. The molecule has 0 saturated carbocycles. The number of piperidine rings is 1. The van der Waals surface area contributed by atoms with Crippen LogP contribution in [0.2, 0.25) is 0 Å². The third-order valence-electron chi connectivity index (χ3n) is 6.12. The summed E-state index contributed by atoms with van der Waals surface area (Å²) in [5, 5.41) is 2.96. The lowest BCUT2D eigenvalue weighted by atomic mass is 9.97. The van der Waals surface area contributed by atoms with Crippen molar-refractivity contribution in [2.75, 3.05) is 13.1 Å². The number of sulfonamides is 1. The highest BCUT2D eigenvalue weighted by atomic mass is 32.2. The van der Waals surface area contributed by atoms with Gasteiger partial charge in [0.15, 0.2) is 0 Å². The van der Waals surface area contributed by atoms with Gasteiger partial charge in [0.2, 0.25) is 15.9 Å². The average Bonchev–Trinajstić information content (AvgIpc) is 2.88. The van der Waals surface area contributed by atoms with Gasteiger partial charge in [0.05, 0.1) is 13.2 Å². The largest absolute Gasteiger partial charge is 0.372 e. The van der Waals surface area contributed by atoms with E-state index in [9.17, 15) is 17.6 Å². The molecule has 0 bridgehead atoms. The number of halogens is 1. The zero-order valence-corrected chi connectivity index (χ0v) is 20.2. The SMILES string of the molecule is O=C(NCc1cccc(COCc2ccccc2)c1)C1CCN(S(=O)(=O)c2ccccc2F)CC1. The van der Waals surface area contributed by atoms with Gasteiger partial charge in [-0.2, -0.15) is 4.31 Å². The van der Waals surface area contributed by atoms with Gasteiger partial charge in [0.1, 0.15) is 10.7 Å². The molecule has 0 aromatic heterocycles. The lowest BCUT2D eigenvalue weighted by Gasteiger charge is -2.30. The third kappa shape index (κ3) is 6.54. The normalized spacial score (nSPS) is 15.1. The molecule has 0 spiro atoms. The van der Waals surface area contributed by atoms with Crippen molar-refractivity contribution in [2.24, 2.45) is 5.92 Å². The van der Waals surface area contributed by atoms with Crippen LogP contribution < -0.4 is 5.32 Å². The molecular formula is C27H29FN2O4S. The number of nitrogens with one attached hydrogen (secondary N) is 1. The molecule has 0 aliphatic carbocycles. The molecule has 0 atom stereocenters. The first-order chi connectivity index (χ1) is 16.9. The molecule has 1 amide bonds. The van der Waals surface area contributed by atoms with E-state index in [1.807, 2.05) is 54.6 Å². The van der Waals surface area contributed by atoms with E-state index in [-0.39, 0.29) is 29.8 Å². The molecule has 1 aliphatic rings. The standard InChI is InChI=1S/C27H29FN2O4S/c28-25-11-4-5-12-26(25)35(32,33)30-15-13-24(14-16-30)27(31)29-18-22-9-6-10-23(17-22)20-34-19-21-7-2-1-3-8-21/h1-12,17,24H,13-16,18-20H2,(H,29,31). The van der Waals surface area contributed by atoms with Gasteiger partial charge < -0.3 is 10.1 Å². The fraction of sp³-hybridized carbons (Fsp3) is 0.296. The predicted octanol–water partition coefficient (Wildman–Crippen LogP) is 4.26. The Morgan fingerprint density at radius 3 is 2.26 bits per heavy atom. The van der Waals surface area contributed by atoms with Crippen molar-refractivity contribution < 1.29 is 22.3 Å². The maximum atomic E-state index is 14.0. The minimum Gasteiger partial charge on any atom is -0.372 e. The van der Waals surface area contributed by atoms with Crippen molar-refractivity contribution >= 4 is 15.9 Å². The number of amides is 1. The van der Waals surface area contributed by atoms with Crippen LogP contribution in [-0.2, 0) is 39.3 Å². The van der Waals surface area contributed by atoms with E-state index in [4.69, 9.17) is 4.74 Å². The number of hydrogen-bond donors (Lipinski definition) is 1. The summed E-state index contributed by atoms with van der Waals surface area (Å²) in [6.45, 7) is 1.77. The van der Waals surface area contributed by atoms with Crippen molar-refractivity contribution in [1.29, 1.82) is 0 Å². The Morgan fingerprint density at radius 1 is 0.886 bits per heavy atom. The molecule has 3 aromatic carbocycles. The number of hydrogen-bond acceptors (Lipinski definition) is 4. The fourth-order valence-corrected chi connectivity index (χ4v) is 5.71. The lowest BCUT2D eigenvalue weighted by Crippen LogP contribution is -2.43. The number of rotatable bonds is 9. The zero-order valence-electron chi connectivity index (χ0n) is 19.4. The molecule has 1 aliphatic heterocycles. The molecule has 35 heavy (non-hydrogen) atoms. The van der Waals surface area contributed by atoms with Crippen LogP contribution in [0.1, 0.15) is 29.5 Å². The van der Waals surface area contributed by atoms with Gasteiger partial charge in [-0.15, -0.1) is 0 Å². The molecule has 8 heteroatoms. The van der Waals surface area contributed by atoms with Gasteiger partial charge in [-0.3, -0.25) is 4.79 Å². The number of benzene rings is 3. The third-order valence-corrected chi connectivity index (χ3v) is 8.05. The molecule has 1 N–H and O–H groups in total. The molecule has 184 valence electrons. The number of ether oxygens (including phenoxy) is 1. The van der Waals surface area contributed by atoms with E-state index in [0.717, 1.165) is 22.8 Å². The molecule has 0 radical (unpaired) electrons. The Balaban J connectivity index is 1.24. The quantitative estimate of drug-likeness (QED) is 0.480. The second-order valence-corrected chi connectivity index (χ2v) is 10.5. The Morgan fingerprint density at radius 2 is 1.51 bits per heavy atom. The second kappa shape index (κ2) is 11.6. The average molecular weight is 497 g/mol. The summed E-state index contributed by atoms with van der Waals surface area (Å²) < 4.78 is 46.6. The molecule has 4 rings (SSSR count). The van der Waals surface area contributed by atoms with Crippen LogP contribution in [0, 0.1) is 11.7 Å². The Kier molecular flexibility index (Phi) is 8.28. The first kappa shape index (κ1) is 25.0. The Hall–Kier alpha value is -3.07. The monoisotopic (exact) mass is 496 g/mol. The highest BCUT2D eigenvalue weighted by Crippen LogP contribution is 2.25. The van der Waals surface area contributed by atoms with E-state index in [0.29, 0.717) is 32.6 Å². The second-order valence-electron chi connectivity index (χ2n) is 8.62.